The van der Waals surface area contributed by atoms with Crippen molar-refractivity contribution in [1.82, 2.24) is 0 Å². The van der Waals surface area contributed by atoms with Crippen molar-refractivity contribution < 1.29 is 14.3 Å². The van der Waals surface area contributed by atoms with E-state index in [2.05, 4.69) is 21.2 Å². The number of amides is 1. The van der Waals surface area contributed by atoms with E-state index in [1.807, 2.05) is 56.3 Å². The molecule has 5 heteroatoms. The first kappa shape index (κ1) is 18.1. The molecule has 126 valence electrons. The fourth-order valence-electron chi connectivity index (χ4n) is 2.13. The van der Waals surface area contributed by atoms with Crippen LogP contribution in [-0.2, 0) is 4.79 Å². The van der Waals surface area contributed by atoms with Gasteiger partial charge in [0.05, 0.1) is 18.9 Å². The standard InChI is InChI=1S/C19H20BrNO3/c1-3-23-17-11-10-15(20)13-14(17)9-12-19(22)21-16-7-5-6-8-18(16)24-4-2/h5-13H,3-4H2,1-2H3,(H,21,22). The predicted molar refractivity (Wildman–Crippen MR) is 101 cm³/mol. The van der Waals surface area contributed by atoms with Crippen molar-refractivity contribution >= 4 is 33.6 Å². The van der Waals surface area contributed by atoms with Gasteiger partial charge < -0.3 is 14.8 Å². The molecule has 0 saturated heterocycles. The molecule has 0 aliphatic rings. The Morgan fingerprint density at radius 1 is 1.08 bits per heavy atom. The van der Waals surface area contributed by atoms with Gasteiger partial charge in [-0.1, -0.05) is 28.1 Å². The molecule has 2 aromatic rings. The minimum absolute atomic E-state index is 0.232. The van der Waals surface area contributed by atoms with E-state index in [9.17, 15) is 4.79 Å². The van der Waals surface area contributed by atoms with Crippen LogP contribution >= 0.6 is 15.9 Å². The number of hydrogen-bond acceptors (Lipinski definition) is 3. The van der Waals surface area contributed by atoms with Crippen molar-refractivity contribution in [3.05, 3.63) is 58.6 Å². The zero-order chi connectivity index (χ0) is 17.4. The molecular formula is C19H20BrNO3. The number of carbonyl (C=O) groups is 1. The normalized spacial score (nSPS) is 10.6. The van der Waals surface area contributed by atoms with E-state index in [0.717, 1.165) is 15.8 Å². The van der Waals surface area contributed by atoms with Crippen LogP contribution in [0.25, 0.3) is 6.08 Å². The Morgan fingerprint density at radius 3 is 2.54 bits per heavy atom. The summed E-state index contributed by atoms with van der Waals surface area (Å²) in [6.45, 7) is 4.93. The van der Waals surface area contributed by atoms with Crippen LogP contribution in [0, 0.1) is 0 Å². The lowest BCUT2D eigenvalue weighted by Crippen LogP contribution is -2.09. The second-order valence-electron chi connectivity index (χ2n) is 4.87. The Balaban J connectivity index is 2.13. The first-order valence-corrected chi connectivity index (χ1v) is 8.56. The van der Waals surface area contributed by atoms with Gasteiger partial charge in [-0.2, -0.15) is 0 Å². The van der Waals surface area contributed by atoms with E-state index < -0.39 is 0 Å². The van der Waals surface area contributed by atoms with Gasteiger partial charge in [-0.25, -0.2) is 0 Å². The predicted octanol–water partition coefficient (Wildman–Crippen LogP) is 4.90. The number of benzene rings is 2. The molecule has 0 aliphatic heterocycles. The van der Waals surface area contributed by atoms with Crippen LogP contribution in [0.3, 0.4) is 0 Å². The molecule has 0 bridgehead atoms. The third kappa shape index (κ3) is 5.13. The number of carbonyl (C=O) groups excluding carboxylic acids is 1. The first-order valence-electron chi connectivity index (χ1n) is 7.77. The summed E-state index contributed by atoms with van der Waals surface area (Å²) < 4.78 is 12.0. The highest BCUT2D eigenvalue weighted by atomic mass is 79.9. The van der Waals surface area contributed by atoms with Crippen LogP contribution < -0.4 is 14.8 Å². The lowest BCUT2D eigenvalue weighted by Gasteiger charge is -2.10. The Kier molecular flexibility index (Phi) is 6.88. The highest BCUT2D eigenvalue weighted by Crippen LogP contribution is 2.26. The molecular weight excluding hydrogens is 370 g/mol. The lowest BCUT2D eigenvalue weighted by atomic mass is 10.2. The summed E-state index contributed by atoms with van der Waals surface area (Å²) in [6, 6.07) is 13.0. The van der Waals surface area contributed by atoms with Gasteiger partial charge in [0.1, 0.15) is 11.5 Å². The summed E-state index contributed by atoms with van der Waals surface area (Å²) in [4.78, 5) is 12.2. The fraction of sp³-hybridized carbons (Fsp3) is 0.211. The molecule has 0 aromatic heterocycles. The summed E-state index contributed by atoms with van der Waals surface area (Å²) >= 11 is 3.43. The Bertz CT molecular complexity index is 728. The third-order valence-electron chi connectivity index (χ3n) is 3.13. The third-order valence-corrected chi connectivity index (χ3v) is 3.62. The summed E-state index contributed by atoms with van der Waals surface area (Å²) in [6.07, 6.45) is 3.21. The Morgan fingerprint density at radius 2 is 1.79 bits per heavy atom. The molecule has 0 aliphatic carbocycles. The maximum Gasteiger partial charge on any atom is 0.248 e. The van der Waals surface area contributed by atoms with Crippen LogP contribution in [0.5, 0.6) is 11.5 Å². The van der Waals surface area contributed by atoms with Gasteiger partial charge in [-0.3, -0.25) is 4.79 Å². The zero-order valence-corrected chi connectivity index (χ0v) is 15.3. The van der Waals surface area contributed by atoms with Crippen LogP contribution in [0.1, 0.15) is 19.4 Å². The molecule has 1 N–H and O–H groups in total. The van der Waals surface area contributed by atoms with Crippen molar-refractivity contribution in [2.45, 2.75) is 13.8 Å². The minimum Gasteiger partial charge on any atom is -0.493 e. The fourth-order valence-corrected chi connectivity index (χ4v) is 2.51. The summed E-state index contributed by atoms with van der Waals surface area (Å²) in [7, 11) is 0. The molecule has 2 aromatic carbocycles. The molecule has 0 atom stereocenters. The molecule has 24 heavy (non-hydrogen) atoms. The van der Waals surface area contributed by atoms with Crippen LogP contribution in [-0.4, -0.2) is 19.1 Å². The smallest absolute Gasteiger partial charge is 0.248 e. The van der Waals surface area contributed by atoms with E-state index in [-0.39, 0.29) is 5.91 Å². The van der Waals surface area contributed by atoms with Gasteiger partial charge in [0.25, 0.3) is 0 Å². The molecule has 0 radical (unpaired) electrons. The van der Waals surface area contributed by atoms with Gasteiger partial charge in [0.15, 0.2) is 0 Å². The molecule has 0 unspecified atom stereocenters. The molecule has 0 fully saturated rings. The van der Waals surface area contributed by atoms with Crippen LogP contribution in [0.2, 0.25) is 0 Å². The SMILES string of the molecule is CCOc1ccc(Br)cc1C=CC(=O)Nc1ccccc1OCC. The molecule has 1 amide bonds. The maximum atomic E-state index is 12.2. The summed E-state index contributed by atoms with van der Waals surface area (Å²) in [5, 5.41) is 2.83. The Labute approximate surface area is 150 Å². The number of nitrogens with one attached hydrogen (secondary N) is 1. The quantitative estimate of drug-likeness (QED) is 0.685. The largest absolute Gasteiger partial charge is 0.493 e. The van der Waals surface area contributed by atoms with Crippen molar-refractivity contribution in [1.29, 1.82) is 0 Å². The number of rotatable bonds is 7. The van der Waals surface area contributed by atoms with E-state index in [0.29, 0.717) is 24.7 Å². The lowest BCUT2D eigenvalue weighted by molar-refractivity contribution is -0.111. The molecule has 4 nitrogen and oxygen atoms in total. The van der Waals surface area contributed by atoms with E-state index in [1.54, 1.807) is 6.08 Å². The summed E-state index contributed by atoms with van der Waals surface area (Å²) in [5.41, 5.74) is 1.48. The van der Waals surface area contributed by atoms with E-state index in [1.165, 1.54) is 6.08 Å². The summed E-state index contributed by atoms with van der Waals surface area (Å²) in [5.74, 6) is 1.16. The van der Waals surface area contributed by atoms with Crippen LogP contribution in [0.4, 0.5) is 5.69 Å². The zero-order valence-electron chi connectivity index (χ0n) is 13.7. The number of ether oxygens (including phenoxy) is 2. The molecule has 2 rings (SSSR count). The molecule has 0 saturated carbocycles. The number of hydrogen-bond donors (Lipinski definition) is 1. The van der Waals surface area contributed by atoms with Gasteiger partial charge in [-0.15, -0.1) is 0 Å². The molecule has 0 spiro atoms. The number of halogens is 1. The maximum absolute atomic E-state index is 12.2. The molecule has 0 heterocycles. The van der Waals surface area contributed by atoms with Crippen molar-refractivity contribution in [3.63, 3.8) is 0 Å². The number of para-hydroxylation sites is 2. The van der Waals surface area contributed by atoms with Gasteiger partial charge >= 0.3 is 0 Å². The minimum atomic E-state index is -0.232. The first-order chi connectivity index (χ1) is 11.6. The highest BCUT2D eigenvalue weighted by molar-refractivity contribution is 9.10. The van der Waals surface area contributed by atoms with Crippen molar-refractivity contribution in [2.24, 2.45) is 0 Å². The van der Waals surface area contributed by atoms with Gasteiger partial charge in [0.2, 0.25) is 5.91 Å². The second-order valence-corrected chi connectivity index (χ2v) is 5.78. The van der Waals surface area contributed by atoms with E-state index >= 15 is 0 Å². The average molecular weight is 390 g/mol. The van der Waals surface area contributed by atoms with E-state index in [4.69, 9.17) is 9.47 Å². The topological polar surface area (TPSA) is 47.6 Å². The highest BCUT2D eigenvalue weighted by Gasteiger charge is 2.06. The average Bonchev–Trinajstić information content (AvgIpc) is 2.57. The van der Waals surface area contributed by atoms with Crippen molar-refractivity contribution in [3.8, 4) is 11.5 Å². The number of anilines is 1. The second kappa shape index (κ2) is 9.13. The van der Waals surface area contributed by atoms with Gasteiger partial charge in [0, 0.05) is 16.1 Å². The monoisotopic (exact) mass is 389 g/mol. The Hall–Kier alpha value is -2.27. The van der Waals surface area contributed by atoms with Crippen molar-refractivity contribution in [2.75, 3.05) is 18.5 Å². The van der Waals surface area contributed by atoms with Crippen LogP contribution in [0.15, 0.2) is 53.0 Å². The van der Waals surface area contributed by atoms with Gasteiger partial charge in [-0.05, 0) is 50.3 Å².